The first-order chi connectivity index (χ1) is 14.7. The number of aromatic nitrogens is 5. The van der Waals surface area contributed by atoms with Gasteiger partial charge in [-0.3, -0.25) is 9.48 Å². The average Bonchev–Trinajstić information content (AvgIpc) is 3.44. The zero-order valence-corrected chi connectivity index (χ0v) is 17.7. The quantitative estimate of drug-likeness (QED) is 0.424. The zero-order chi connectivity index (χ0) is 22.2. The van der Waals surface area contributed by atoms with Crippen LogP contribution in [0.2, 0.25) is 5.02 Å². The number of aryl methyl sites for hydroxylation is 2. The minimum atomic E-state index is -4.66. The van der Waals surface area contributed by atoms with Crippen molar-refractivity contribution in [1.82, 2.24) is 29.7 Å². The van der Waals surface area contributed by atoms with Crippen LogP contribution in [-0.4, -0.2) is 36.8 Å². The van der Waals surface area contributed by atoms with Gasteiger partial charge in [0.05, 0.1) is 21.3 Å². The molecule has 4 heterocycles. The van der Waals surface area contributed by atoms with Gasteiger partial charge >= 0.3 is 6.18 Å². The van der Waals surface area contributed by atoms with Gasteiger partial charge < -0.3 is 5.32 Å². The molecule has 0 fully saturated rings. The summed E-state index contributed by atoms with van der Waals surface area (Å²) in [6.45, 7) is 2.61. The van der Waals surface area contributed by atoms with Crippen molar-refractivity contribution in [2.75, 3.05) is 6.54 Å². The van der Waals surface area contributed by atoms with Gasteiger partial charge in [0, 0.05) is 25.4 Å². The van der Waals surface area contributed by atoms with Crippen molar-refractivity contribution in [1.29, 1.82) is 0 Å². The lowest BCUT2D eigenvalue weighted by molar-refractivity contribution is -0.142. The molecule has 162 valence electrons. The number of carbonyl (C=O) groups is 1. The van der Waals surface area contributed by atoms with Crippen LogP contribution in [0.5, 0.6) is 0 Å². The second kappa shape index (κ2) is 8.31. The normalized spacial score (nSPS) is 11.9. The fraction of sp³-hybridized carbons (Fsp3) is 0.263. The van der Waals surface area contributed by atoms with E-state index in [-0.39, 0.29) is 17.0 Å². The summed E-state index contributed by atoms with van der Waals surface area (Å²) in [6, 6.07) is 5.60. The molecule has 4 aromatic rings. The summed E-state index contributed by atoms with van der Waals surface area (Å²) in [7, 11) is 0. The minimum absolute atomic E-state index is 0.0509. The molecule has 0 unspecified atom stereocenters. The van der Waals surface area contributed by atoms with E-state index < -0.39 is 17.8 Å². The van der Waals surface area contributed by atoms with Gasteiger partial charge in [-0.1, -0.05) is 17.7 Å². The smallest absolute Gasteiger partial charge is 0.351 e. The number of fused-ring (bicyclic) bond motifs is 1. The number of hydrogen-bond acceptors (Lipinski definition) is 5. The molecule has 12 heteroatoms. The Kier molecular flexibility index (Phi) is 5.71. The number of halogens is 4. The molecule has 0 aliphatic rings. The van der Waals surface area contributed by atoms with Crippen LogP contribution < -0.4 is 5.32 Å². The molecule has 4 rings (SSSR count). The third kappa shape index (κ3) is 4.57. The Morgan fingerprint density at radius 1 is 1.29 bits per heavy atom. The van der Waals surface area contributed by atoms with Crippen molar-refractivity contribution >= 4 is 34.5 Å². The van der Waals surface area contributed by atoms with Crippen molar-refractivity contribution in [2.45, 2.75) is 26.1 Å². The maximum atomic E-state index is 13.6. The molecule has 0 atom stereocenters. The predicted molar refractivity (Wildman–Crippen MR) is 110 cm³/mol. The first kappa shape index (κ1) is 21.3. The molecule has 31 heavy (non-hydrogen) atoms. The largest absolute Gasteiger partial charge is 0.433 e. The van der Waals surface area contributed by atoms with Gasteiger partial charge in [0.2, 0.25) is 0 Å². The van der Waals surface area contributed by atoms with E-state index in [1.54, 1.807) is 35.3 Å². The molecular formula is C19H16ClF3N6OS. The van der Waals surface area contributed by atoms with Crippen molar-refractivity contribution in [3.05, 3.63) is 57.9 Å². The highest BCUT2D eigenvalue weighted by Gasteiger charge is 2.35. The van der Waals surface area contributed by atoms with Crippen LogP contribution in [0.3, 0.4) is 0 Å². The Morgan fingerprint density at radius 3 is 2.74 bits per heavy atom. The topological polar surface area (TPSA) is 77.1 Å². The van der Waals surface area contributed by atoms with Crippen molar-refractivity contribution < 1.29 is 18.0 Å². The van der Waals surface area contributed by atoms with Gasteiger partial charge in [0.1, 0.15) is 0 Å². The maximum Gasteiger partial charge on any atom is 0.433 e. The summed E-state index contributed by atoms with van der Waals surface area (Å²) in [4.78, 5) is 17.3. The summed E-state index contributed by atoms with van der Waals surface area (Å²) < 4.78 is 43.1. The molecule has 0 spiro atoms. The van der Waals surface area contributed by atoms with E-state index in [0.717, 1.165) is 6.07 Å². The third-order valence-electron chi connectivity index (χ3n) is 4.46. The van der Waals surface area contributed by atoms with Crippen molar-refractivity contribution in [3.8, 4) is 10.6 Å². The maximum absolute atomic E-state index is 13.6. The van der Waals surface area contributed by atoms with E-state index in [1.807, 2.05) is 0 Å². The Morgan fingerprint density at radius 2 is 2.10 bits per heavy atom. The molecule has 4 aromatic heterocycles. The number of thiophene rings is 1. The number of nitrogens with one attached hydrogen (secondary N) is 1. The molecule has 0 aromatic carbocycles. The number of amides is 1. The van der Waals surface area contributed by atoms with Crippen LogP contribution in [-0.2, 0) is 12.7 Å². The molecule has 0 aliphatic heterocycles. The van der Waals surface area contributed by atoms with Crippen molar-refractivity contribution in [2.24, 2.45) is 0 Å². The lowest BCUT2D eigenvalue weighted by Crippen LogP contribution is -2.26. The van der Waals surface area contributed by atoms with E-state index in [9.17, 15) is 18.0 Å². The summed E-state index contributed by atoms with van der Waals surface area (Å²) in [5.41, 5.74) is -0.296. The van der Waals surface area contributed by atoms with Crippen LogP contribution in [0.1, 0.15) is 28.3 Å². The van der Waals surface area contributed by atoms with Crippen molar-refractivity contribution in [3.63, 3.8) is 0 Å². The standard InChI is InChI=1S/C19H16ClF3N6OS/c1-11-12(20)10-28(26-11)6-3-5-24-18(30)14-9-17-25-13(15-4-2-7-31-15)8-16(19(21,22)23)29(17)27-14/h2,4,7-10H,3,5-6H2,1H3,(H,24,30). The van der Waals surface area contributed by atoms with E-state index in [1.165, 1.54) is 17.4 Å². The van der Waals surface area contributed by atoms with Crippen LogP contribution >= 0.6 is 22.9 Å². The van der Waals surface area contributed by atoms with E-state index >= 15 is 0 Å². The number of hydrogen-bond donors (Lipinski definition) is 1. The monoisotopic (exact) mass is 468 g/mol. The predicted octanol–water partition coefficient (Wildman–Crippen LogP) is 4.46. The SMILES string of the molecule is Cc1nn(CCCNC(=O)c2cc3nc(-c4cccs4)cc(C(F)(F)F)n3n2)cc1Cl. The number of nitrogens with zero attached hydrogens (tertiary/aromatic N) is 5. The molecule has 1 N–H and O–H groups in total. The second-order valence-electron chi connectivity index (χ2n) is 6.74. The van der Waals surface area contributed by atoms with Gasteiger partial charge in [-0.05, 0) is 30.9 Å². The lowest BCUT2D eigenvalue weighted by atomic mass is 10.2. The van der Waals surface area contributed by atoms with Crippen LogP contribution in [0, 0.1) is 6.92 Å². The fourth-order valence-electron chi connectivity index (χ4n) is 2.98. The molecule has 0 radical (unpaired) electrons. The Labute approximate surface area is 183 Å². The highest BCUT2D eigenvalue weighted by molar-refractivity contribution is 7.13. The zero-order valence-electron chi connectivity index (χ0n) is 16.1. The number of rotatable bonds is 6. The van der Waals surface area contributed by atoms with E-state index in [4.69, 9.17) is 11.6 Å². The lowest BCUT2D eigenvalue weighted by Gasteiger charge is -2.10. The average molecular weight is 469 g/mol. The van der Waals surface area contributed by atoms with E-state index in [0.29, 0.717) is 39.6 Å². The molecule has 0 aliphatic carbocycles. The fourth-order valence-corrected chi connectivity index (χ4v) is 3.82. The Hall–Kier alpha value is -2.92. The highest BCUT2D eigenvalue weighted by Crippen LogP contribution is 2.33. The highest BCUT2D eigenvalue weighted by atomic mass is 35.5. The van der Waals surface area contributed by atoms with Gasteiger partial charge in [0.15, 0.2) is 17.0 Å². The van der Waals surface area contributed by atoms with Crippen LogP contribution in [0.25, 0.3) is 16.2 Å². The molecule has 0 bridgehead atoms. The summed E-state index contributed by atoms with van der Waals surface area (Å²) >= 11 is 7.23. The Bertz CT molecular complexity index is 1210. The van der Waals surface area contributed by atoms with Crippen LogP contribution in [0.15, 0.2) is 35.8 Å². The van der Waals surface area contributed by atoms with Crippen LogP contribution in [0.4, 0.5) is 13.2 Å². The van der Waals surface area contributed by atoms with Gasteiger partial charge in [-0.2, -0.15) is 23.4 Å². The Balaban J connectivity index is 1.51. The first-order valence-electron chi connectivity index (χ1n) is 9.22. The third-order valence-corrected chi connectivity index (χ3v) is 5.72. The molecule has 1 amide bonds. The second-order valence-corrected chi connectivity index (χ2v) is 8.09. The van der Waals surface area contributed by atoms with Gasteiger partial charge in [0.25, 0.3) is 5.91 Å². The number of carbonyl (C=O) groups excluding carboxylic acids is 1. The minimum Gasteiger partial charge on any atom is -0.351 e. The first-order valence-corrected chi connectivity index (χ1v) is 10.5. The summed E-state index contributed by atoms with van der Waals surface area (Å²) in [5.74, 6) is -0.578. The molecular weight excluding hydrogens is 453 g/mol. The summed E-state index contributed by atoms with van der Waals surface area (Å²) in [6.07, 6.45) is -2.41. The van der Waals surface area contributed by atoms with Gasteiger partial charge in [-0.25, -0.2) is 9.50 Å². The molecule has 0 saturated heterocycles. The molecule has 7 nitrogen and oxygen atoms in total. The summed E-state index contributed by atoms with van der Waals surface area (Å²) in [5, 5.41) is 13.0. The van der Waals surface area contributed by atoms with Gasteiger partial charge in [-0.15, -0.1) is 11.3 Å². The molecule has 0 saturated carbocycles. The van der Waals surface area contributed by atoms with E-state index in [2.05, 4.69) is 20.5 Å². The number of alkyl halides is 3.